The molecule has 0 spiro atoms. The molecule has 1 aliphatic carbocycles. The number of aliphatic imine (C=N–C) groups is 2. The highest BCUT2D eigenvalue weighted by atomic mass is 15.0. The summed E-state index contributed by atoms with van der Waals surface area (Å²) in [4.78, 5) is 25.1. The van der Waals surface area contributed by atoms with Crippen LogP contribution in [0.25, 0.3) is 101 Å². The lowest BCUT2D eigenvalue weighted by Crippen LogP contribution is -2.00. The molecule has 12 aromatic rings. The van der Waals surface area contributed by atoms with E-state index in [1.54, 1.807) is 0 Å². The summed E-state index contributed by atoms with van der Waals surface area (Å²) in [5, 5.41) is 2.44. The highest BCUT2D eigenvalue weighted by molar-refractivity contribution is 6.17. The normalized spacial score (nSPS) is 12.4. The number of fused-ring (bicyclic) bond motifs is 7. The monoisotopic (exact) mass is 960 g/mol. The van der Waals surface area contributed by atoms with Crippen molar-refractivity contribution in [3.05, 3.63) is 283 Å². The van der Waals surface area contributed by atoms with E-state index in [4.69, 9.17) is 24.9 Å². The summed E-state index contributed by atoms with van der Waals surface area (Å²) in [6.45, 7) is 2.02. The second-order valence-corrected chi connectivity index (χ2v) is 18.7. The summed E-state index contributed by atoms with van der Waals surface area (Å²) < 4.78 is 2.47. The van der Waals surface area contributed by atoms with Crippen molar-refractivity contribution in [2.45, 2.75) is 13.3 Å². The number of hydrogen-bond acceptors (Lipinski definition) is 4. The van der Waals surface area contributed by atoms with Crippen LogP contribution < -0.4 is 0 Å². The molecule has 6 nitrogen and oxygen atoms in total. The van der Waals surface area contributed by atoms with Gasteiger partial charge in [0.1, 0.15) is 0 Å². The van der Waals surface area contributed by atoms with Gasteiger partial charge >= 0.3 is 0 Å². The van der Waals surface area contributed by atoms with Gasteiger partial charge in [-0.15, -0.1) is 0 Å². The number of aromatic nitrogens is 4. The lowest BCUT2D eigenvalue weighted by atomic mass is 9.92. The Hall–Kier alpha value is -9.91. The average molecular weight is 961 g/mol. The summed E-state index contributed by atoms with van der Waals surface area (Å²) in [7, 11) is 0. The van der Waals surface area contributed by atoms with Crippen LogP contribution in [0, 0.1) is 0 Å². The molecule has 6 heteroatoms. The van der Waals surface area contributed by atoms with Gasteiger partial charge in [0.2, 0.25) is 0 Å². The van der Waals surface area contributed by atoms with E-state index in [0.717, 1.165) is 62.3 Å². The number of rotatable bonds is 10. The third-order valence-electron chi connectivity index (χ3n) is 14.2. The van der Waals surface area contributed by atoms with Gasteiger partial charge < -0.3 is 4.57 Å². The summed E-state index contributed by atoms with van der Waals surface area (Å²) in [5.41, 5.74) is 20.1. The standard InChI is InChI=1S/C69H48N6/c1-2-62(49-21-8-3-9-22-49)71-66(50-23-10-4-11-24-50)70-45-46-35-37-48(38-36-46)58-43-61-56-31-18-19-34-63(56)75(54-29-16-7-17-30-54)65(61)64-57-33-20-32-55(59(57)44-60(58)64)47-39-41-53(42-40-47)69-73-67(51-25-12-5-13-26-51)72-68(74-69)52-27-14-6-15-28-52/h2-43,45H,44H2,1H3/b62-2+,70-45?,71-66?. The van der Waals surface area contributed by atoms with Crippen LogP contribution >= 0.6 is 0 Å². The zero-order valence-electron chi connectivity index (χ0n) is 41.2. The molecular weight excluding hydrogens is 913 g/mol. The second-order valence-electron chi connectivity index (χ2n) is 18.7. The first kappa shape index (κ1) is 45.0. The Kier molecular flexibility index (Phi) is 11.8. The fraction of sp³-hybridized carbons (Fsp3) is 0.0290. The van der Waals surface area contributed by atoms with Gasteiger partial charge in [-0.1, -0.05) is 231 Å². The van der Waals surface area contributed by atoms with Crippen LogP contribution in [0.2, 0.25) is 0 Å². The Morgan fingerprint density at radius 3 is 1.57 bits per heavy atom. The van der Waals surface area contributed by atoms with Crippen molar-refractivity contribution >= 4 is 39.6 Å². The number of amidine groups is 1. The molecular formula is C69H48N6. The molecule has 0 amide bonds. The summed E-state index contributed by atoms with van der Waals surface area (Å²) in [6, 6.07) is 87.1. The van der Waals surface area contributed by atoms with Crippen LogP contribution in [0.5, 0.6) is 0 Å². The molecule has 0 unspecified atom stereocenters. The predicted molar refractivity (Wildman–Crippen MR) is 310 cm³/mol. The van der Waals surface area contributed by atoms with Crippen LogP contribution in [0.1, 0.15) is 34.7 Å². The fourth-order valence-electron chi connectivity index (χ4n) is 10.6. The highest BCUT2D eigenvalue weighted by Gasteiger charge is 2.30. The quantitative estimate of drug-likeness (QED) is 0.101. The minimum Gasteiger partial charge on any atom is -0.309 e. The van der Waals surface area contributed by atoms with Crippen LogP contribution in [-0.2, 0) is 6.42 Å². The lowest BCUT2D eigenvalue weighted by molar-refractivity contribution is 1.07. The number of para-hydroxylation sites is 2. The Bertz CT molecular complexity index is 4090. The molecule has 0 fully saturated rings. The number of allylic oxidation sites excluding steroid dienone is 1. The van der Waals surface area contributed by atoms with E-state index in [9.17, 15) is 0 Å². The molecule has 0 radical (unpaired) electrons. The molecule has 13 rings (SSSR count). The minimum absolute atomic E-state index is 0.633. The molecule has 0 bridgehead atoms. The number of nitrogens with zero attached hydrogens (tertiary/aromatic N) is 6. The van der Waals surface area contributed by atoms with Gasteiger partial charge in [-0.05, 0) is 87.7 Å². The SMILES string of the molecule is C/C=C(/N=C(N=Cc1ccc(-c2cc3c4ccccc4n(-c4ccccc4)c3c3c2Cc2c(-c4ccc(-c5nc(-c6ccccc6)nc(-c6ccccc6)n5)cc4)cccc2-3)cc1)c1ccccc1)c1ccccc1. The Morgan fingerprint density at radius 1 is 0.440 bits per heavy atom. The van der Waals surface area contributed by atoms with Crippen LogP contribution in [0.3, 0.4) is 0 Å². The first-order valence-corrected chi connectivity index (χ1v) is 25.4. The van der Waals surface area contributed by atoms with Crippen molar-refractivity contribution in [3.63, 3.8) is 0 Å². The van der Waals surface area contributed by atoms with E-state index in [0.29, 0.717) is 23.3 Å². The molecule has 0 aliphatic heterocycles. The van der Waals surface area contributed by atoms with Crippen LogP contribution in [0.15, 0.2) is 265 Å². The van der Waals surface area contributed by atoms with Gasteiger partial charge in [0.25, 0.3) is 0 Å². The lowest BCUT2D eigenvalue weighted by Gasteiger charge is -2.15. The first-order chi connectivity index (χ1) is 37.1. The zero-order valence-corrected chi connectivity index (χ0v) is 41.2. The topological polar surface area (TPSA) is 68.3 Å². The Balaban J connectivity index is 0.915. The van der Waals surface area contributed by atoms with Crippen molar-refractivity contribution in [3.8, 4) is 73.2 Å². The minimum atomic E-state index is 0.633. The smallest absolute Gasteiger partial charge is 0.164 e. The third kappa shape index (κ3) is 8.54. The number of benzene rings is 10. The largest absolute Gasteiger partial charge is 0.309 e. The van der Waals surface area contributed by atoms with Crippen molar-refractivity contribution in [2.24, 2.45) is 9.98 Å². The van der Waals surface area contributed by atoms with E-state index < -0.39 is 0 Å². The molecule has 10 aromatic carbocycles. The van der Waals surface area contributed by atoms with E-state index in [1.807, 2.05) is 116 Å². The molecule has 75 heavy (non-hydrogen) atoms. The molecule has 0 saturated heterocycles. The molecule has 1 aliphatic rings. The molecule has 2 heterocycles. The zero-order chi connectivity index (χ0) is 50.1. The maximum Gasteiger partial charge on any atom is 0.164 e. The van der Waals surface area contributed by atoms with Gasteiger partial charge in [0, 0.05) is 50.5 Å². The maximum atomic E-state index is 5.10. The van der Waals surface area contributed by atoms with Gasteiger partial charge in [-0.3, -0.25) is 0 Å². The average Bonchev–Trinajstić information content (AvgIpc) is 4.08. The van der Waals surface area contributed by atoms with Crippen molar-refractivity contribution < 1.29 is 0 Å². The Morgan fingerprint density at radius 2 is 0.947 bits per heavy atom. The third-order valence-corrected chi connectivity index (χ3v) is 14.2. The van der Waals surface area contributed by atoms with Crippen molar-refractivity contribution in [1.29, 1.82) is 0 Å². The summed E-state index contributed by atoms with van der Waals surface area (Å²) in [5.74, 6) is 2.57. The predicted octanol–water partition coefficient (Wildman–Crippen LogP) is 16.8. The van der Waals surface area contributed by atoms with Gasteiger partial charge in [0.05, 0.1) is 16.7 Å². The van der Waals surface area contributed by atoms with Crippen molar-refractivity contribution in [2.75, 3.05) is 0 Å². The molecule has 0 N–H and O–H groups in total. The molecule has 2 aromatic heterocycles. The molecule has 0 atom stereocenters. The van der Waals surface area contributed by atoms with Gasteiger partial charge in [-0.25, -0.2) is 24.9 Å². The van der Waals surface area contributed by atoms with E-state index in [2.05, 4.69) is 156 Å². The van der Waals surface area contributed by atoms with Crippen LogP contribution in [-0.4, -0.2) is 31.6 Å². The molecule has 354 valence electrons. The summed E-state index contributed by atoms with van der Waals surface area (Å²) in [6.07, 6.45) is 4.73. The Labute approximate surface area is 436 Å². The van der Waals surface area contributed by atoms with E-state index in [1.165, 1.54) is 55.2 Å². The second kappa shape index (κ2) is 19.6. The fourth-order valence-corrected chi connectivity index (χ4v) is 10.6. The summed E-state index contributed by atoms with van der Waals surface area (Å²) >= 11 is 0. The van der Waals surface area contributed by atoms with Crippen LogP contribution in [0.4, 0.5) is 0 Å². The van der Waals surface area contributed by atoms with Crippen molar-refractivity contribution in [1.82, 2.24) is 19.5 Å². The van der Waals surface area contributed by atoms with E-state index in [-0.39, 0.29) is 0 Å². The van der Waals surface area contributed by atoms with Gasteiger partial charge in [0.15, 0.2) is 23.3 Å². The first-order valence-electron chi connectivity index (χ1n) is 25.4. The molecule has 0 saturated carbocycles. The van der Waals surface area contributed by atoms with Gasteiger partial charge in [-0.2, -0.15) is 0 Å². The highest BCUT2D eigenvalue weighted by Crippen LogP contribution is 2.51. The van der Waals surface area contributed by atoms with E-state index >= 15 is 0 Å². The number of hydrogen-bond donors (Lipinski definition) is 0. The maximum absolute atomic E-state index is 5.10.